The van der Waals surface area contributed by atoms with Crippen LogP contribution in [0.5, 0.6) is 5.75 Å². The third-order valence-corrected chi connectivity index (χ3v) is 4.04. The molecule has 2 aromatic carbocycles. The van der Waals surface area contributed by atoms with Crippen LogP contribution in [0.15, 0.2) is 42.5 Å². The Kier molecular flexibility index (Phi) is 5.44. The second-order valence-corrected chi connectivity index (χ2v) is 6.26. The fraction of sp³-hybridized carbons (Fsp3) is 0.111. The first-order valence-corrected chi connectivity index (χ1v) is 8.38. The average Bonchev–Trinajstić information content (AvgIpc) is 2.58. The Bertz CT molecular complexity index is 952. The molecule has 0 saturated carbocycles. The van der Waals surface area contributed by atoms with E-state index < -0.39 is 5.82 Å². The minimum Gasteiger partial charge on any atom is -0.495 e. The molecular formula is C18H15Cl2FN4O. The first-order chi connectivity index (χ1) is 12.4. The molecule has 0 saturated heterocycles. The molecule has 3 aromatic rings. The lowest BCUT2D eigenvalue weighted by Gasteiger charge is -2.11. The monoisotopic (exact) mass is 392 g/mol. The predicted octanol–water partition coefficient (Wildman–Crippen LogP) is 5.73. The summed E-state index contributed by atoms with van der Waals surface area (Å²) in [7, 11) is 1.56. The molecule has 8 heteroatoms. The highest BCUT2D eigenvalue weighted by Gasteiger charge is 2.07. The van der Waals surface area contributed by atoms with Gasteiger partial charge in [0.05, 0.1) is 17.2 Å². The third-order valence-electron chi connectivity index (χ3n) is 3.45. The average molecular weight is 393 g/mol. The standard InChI is InChI=1S/C18H15Cl2FN4O/c1-10-7-17(23-11-4-6-16(26-2)14(20)9-11)25-18(22-10)24-12-3-5-15(21)13(19)8-12/h3-9H,1-2H3,(H2,22,23,24,25). The zero-order valence-corrected chi connectivity index (χ0v) is 15.5. The molecule has 2 N–H and O–H groups in total. The number of aromatic nitrogens is 2. The summed E-state index contributed by atoms with van der Waals surface area (Å²) in [5.74, 6) is 1.04. The number of ether oxygens (including phenoxy) is 1. The van der Waals surface area contributed by atoms with Crippen molar-refractivity contribution < 1.29 is 9.13 Å². The molecule has 0 radical (unpaired) electrons. The number of hydrogen-bond donors (Lipinski definition) is 2. The van der Waals surface area contributed by atoms with Crippen molar-refractivity contribution >= 4 is 46.3 Å². The SMILES string of the molecule is COc1ccc(Nc2cc(C)nc(Nc3ccc(F)c(Cl)c3)n2)cc1Cl. The van der Waals surface area contributed by atoms with E-state index in [9.17, 15) is 4.39 Å². The van der Waals surface area contributed by atoms with Gasteiger partial charge >= 0.3 is 0 Å². The van der Waals surface area contributed by atoms with E-state index in [0.717, 1.165) is 11.4 Å². The molecule has 0 aliphatic carbocycles. The number of hydrogen-bond acceptors (Lipinski definition) is 5. The van der Waals surface area contributed by atoms with E-state index in [0.29, 0.717) is 28.2 Å². The minimum absolute atomic E-state index is 0.0221. The van der Waals surface area contributed by atoms with E-state index in [2.05, 4.69) is 20.6 Å². The van der Waals surface area contributed by atoms with Crippen LogP contribution in [0.25, 0.3) is 0 Å². The molecule has 0 spiro atoms. The smallest absolute Gasteiger partial charge is 0.229 e. The van der Waals surface area contributed by atoms with Gasteiger partial charge in [-0.05, 0) is 43.3 Å². The molecule has 5 nitrogen and oxygen atoms in total. The third kappa shape index (κ3) is 4.33. The van der Waals surface area contributed by atoms with Crippen molar-refractivity contribution in [2.45, 2.75) is 6.92 Å². The van der Waals surface area contributed by atoms with E-state index in [-0.39, 0.29) is 5.02 Å². The van der Waals surface area contributed by atoms with Crippen molar-refractivity contribution in [1.29, 1.82) is 0 Å². The molecule has 1 aromatic heterocycles. The van der Waals surface area contributed by atoms with Crippen LogP contribution >= 0.6 is 23.2 Å². The highest BCUT2D eigenvalue weighted by Crippen LogP contribution is 2.29. The van der Waals surface area contributed by atoms with Crippen LogP contribution in [0.3, 0.4) is 0 Å². The van der Waals surface area contributed by atoms with Gasteiger partial charge in [0.1, 0.15) is 17.4 Å². The topological polar surface area (TPSA) is 59.1 Å². The summed E-state index contributed by atoms with van der Waals surface area (Å²) in [6.07, 6.45) is 0. The van der Waals surface area contributed by atoms with Gasteiger partial charge in [-0.3, -0.25) is 0 Å². The van der Waals surface area contributed by atoms with E-state index in [1.54, 1.807) is 31.4 Å². The number of aryl methyl sites for hydroxylation is 1. The first kappa shape index (κ1) is 18.2. The molecule has 0 amide bonds. The summed E-state index contributed by atoms with van der Waals surface area (Å²) in [5, 5.41) is 6.69. The molecule has 3 rings (SSSR count). The Hall–Kier alpha value is -2.57. The Morgan fingerprint density at radius 1 is 0.923 bits per heavy atom. The maximum absolute atomic E-state index is 13.3. The Morgan fingerprint density at radius 3 is 2.31 bits per heavy atom. The van der Waals surface area contributed by atoms with E-state index in [1.165, 1.54) is 12.1 Å². The van der Waals surface area contributed by atoms with Crippen LogP contribution in [0, 0.1) is 12.7 Å². The summed E-state index contributed by atoms with van der Waals surface area (Å²) >= 11 is 11.9. The quantitative estimate of drug-likeness (QED) is 0.580. The van der Waals surface area contributed by atoms with Crippen molar-refractivity contribution in [3.05, 3.63) is 64.0 Å². The van der Waals surface area contributed by atoms with Crippen LogP contribution in [0.1, 0.15) is 5.69 Å². The highest BCUT2D eigenvalue weighted by atomic mass is 35.5. The van der Waals surface area contributed by atoms with E-state index in [1.807, 2.05) is 13.0 Å². The lowest BCUT2D eigenvalue weighted by Crippen LogP contribution is -2.02. The van der Waals surface area contributed by atoms with Crippen LogP contribution in [0.4, 0.5) is 27.5 Å². The van der Waals surface area contributed by atoms with Crippen LogP contribution in [-0.2, 0) is 0 Å². The van der Waals surface area contributed by atoms with Crippen molar-refractivity contribution in [3.8, 4) is 5.75 Å². The molecule has 1 heterocycles. The molecule has 134 valence electrons. The van der Waals surface area contributed by atoms with E-state index in [4.69, 9.17) is 27.9 Å². The normalized spacial score (nSPS) is 10.5. The first-order valence-electron chi connectivity index (χ1n) is 7.63. The number of methoxy groups -OCH3 is 1. The fourth-order valence-electron chi connectivity index (χ4n) is 2.28. The maximum Gasteiger partial charge on any atom is 0.229 e. The van der Waals surface area contributed by atoms with Gasteiger partial charge in [-0.1, -0.05) is 23.2 Å². The lowest BCUT2D eigenvalue weighted by atomic mass is 10.3. The van der Waals surface area contributed by atoms with Crippen molar-refractivity contribution in [2.24, 2.45) is 0 Å². The number of nitrogens with one attached hydrogen (secondary N) is 2. The fourth-order valence-corrected chi connectivity index (χ4v) is 2.72. The van der Waals surface area contributed by atoms with Crippen molar-refractivity contribution in [1.82, 2.24) is 9.97 Å². The van der Waals surface area contributed by atoms with Gasteiger partial charge in [-0.15, -0.1) is 0 Å². The number of rotatable bonds is 5. The Labute approximate surface area is 160 Å². The van der Waals surface area contributed by atoms with Crippen LogP contribution in [0.2, 0.25) is 10.0 Å². The molecule has 0 aliphatic rings. The molecule has 0 unspecified atom stereocenters. The molecule has 0 bridgehead atoms. The summed E-state index contributed by atoms with van der Waals surface area (Å²) in [6, 6.07) is 11.4. The minimum atomic E-state index is -0.485. The van der Waals surface area contributed by atoms with Crippen molar-refractivity contribution in [3.63, 3.8) is 0 Å². The van der Waals surface area contributed by atoms with Crippen LogP contribution < -0.4 is 15.4 Å². The van der Waals surface area contributed by atoms with Gasteiger partial charge in [0.2, 0.25) is 5.95 Å². The van der Waals surface area contributed by atoms with Gasteiger partial charge in [0.15, 0.2) is 0 Å². The van der Waals surface area contributed by atoms with E-state index >= 15 is 0 Å². The van der Waals surface area contributed by atoms with Crippen molar-refractivity contribution in [2.75, 3.05) is 17.7 Å². The second-order valence-electron chi connectivity index (χ2n) is 5.45. The van der Waals surface area contributed by atoms with Gasteiger partial charge in [0.25, 0.3) is 0 Å². The maximum atomic E-state index is 13.3. The summed E-state index contributed by atoms with van der Waals surface area (Å²) < 4.78 is 18.4. The molecular weight excluding hydrogens is 378 g/mol. The largest absolute Gasteiger partial charge is 0.495 e. The predicted molar refractivity (Wildman–Crippen MR) is 103 cm³/mol. The summed E-state index contributed by atoms with van der Waals surface area (Å²) in [4.78, 5) is 8.73. The van der Waals surface area contributed by atoms with Crippen LogP contribution in [-0.4, -0.2) is 17.1 Å². The summed E-state index contributed by atoms with van der Waals surface area (Å²) in [5.41, 5.74) is 2.09. The molecule has 0 aliphatic heterocycles. The number of benzene rings is 2. The zero-order valence-electron chi connectivity index (χ0n) is 14.0. The number of anilines is 4. The number of halogens is 3. The Morgan fingerprint density at radius 2 is 1.62 bits per heavy atom. The van der Waals surface area contributed by atoms with Gasteiger partial charge in [0, 0.05) is 23.1 Å². The van der Waals surface area contributed by atoms with Gasteiger partial charge in [-0.2, -0.15) is 4.98 Å². The lowest BCUT2D eigenvalue weighted by molar-refractivity contribution is 0.415. The Balaban J connectivity index is 1.83. The molecule has 0 fully saturated rings. The van der Waals surface area contributed by atoms with Gasteiger partial charge < -0.3 is 15.4 Å². The number of nitrogens with zero attached hydrogens (tertiary/aromatic N) is 2. The zero-order chi connectivity index (χ0) is 18.7. The summed E-state index contributed by atoms with van der Waals surface area (Å²) in [6.45, 7) is 1.84. The molecule has 0 atom stereocenters. The highest BCUT2D eigenvalue weighted by molar-refractivity contribution is 6.32. The van der Waals surface area contributed by atoms with Gasteiger partial charge in [-0.25, -0.2) is 9.37 Å². The second kappa shape index (κ2) is 7.76. The molecule has 26 heavy (non-hydrogen) atoms.